The van der Waals surface area contributed by atoms with Crippen molar-refractivity contribution >= 4 is 22.6 Å². The van der Waals surface area contributed by atoms with E-state index in [9.17, 15) is 4.79 Å². The number of fused-ring (bicyclic) bond motifs is 1. The number of carbonyl (C=O) groups is 1. The lowest BCUT2D eigenvalue weighted by Crippen LogP contribution is -2.15. The number of H-pyrrole nitrogens is 1. The average Bonchev–Trinajstić information content (AvgIpc) is 3.20. The number of benzene rings is 2. The summed E-state index contributed by atoms with van der Waals surface area (Å²) in [4.78, 5) is 21.9. The maximum Gasteiger partial charge on any atom is 0.258 e. The fraction of sp³-hybridized carbons (Fsp3) is 0.533. The summed E-state index contributed by atoms with van der Waals surface area (Å²) in [5.74, 6) is 1.65. The summed E-state index contributed by atoms with van der Waals surface area (Å²) in [5, 5.41) is 3.11. The standard InChI is InChI=1S/C30H43N3O2/c1-6-8-10-11-13-22-14-19-25-28(33-26(32-25)21-30(3,4)5)27(22)29(34)31-23-15-17-24(18-16-23)35-20-12-9-7-2/h14-19H,6-13,20-21H2,1-5H3,(H,31,34)(H,32,33). The van der Waals surface area contributed by atoms with E-state index in [1.807, 2.05) is 24.3 Å². The molecule has 0 saturated heterocycles. The van der Waals surface area contributed by atoms with Gasteiger partial charge >= 0.3 is 0 Å². The molecule has 1 heterocycles. The van der Waals surface area contributed by atoms with E-state index >= 15 is 0 Å². The minimum Gasteiger partial charge on any atom is -0.494 e. The van der Waals surface area contributed by atoms with Crippen molar-refractivity contribution in [2.75, 3.05) is 11.9 Å². The number of carbonyl (C=O) groups excluding carboxylic acids is 1. The van der Waals surface area contributed by atoms with E-state index < -0.39 is 0 Å². The number of rotatable bonds is 13. The third-order valence-corrected chi connectivity index (χ3v) is 6.14. The number of hydrogen-bond acceptors (Lipinski definition) is 3. The minimum atomic E-state index is -0.105. The number of nitrogens with one attached hydrogen (secondary N) is 2. The second-order valence-corrected chi connectivity index (χ2v) is 10.8. The van der Waals surface area contributed by atoms with Crippen LogP contribution in [0, 0.1) is 5.41 Å². The van der Waals surface area contributed by atoms with E-state index in [-0.39, 0.29) is 11.3 Å². The lowest BCUT2D eigenvalue weighted by Gasteiger charge is -2.15. The number of aromatic nitrogens is 2. The van der Waals surface area contributed by atoms with E-state index in [2.05, 4.69) is 57.1 Å². The van der Waals surface area contributed by atoms with Crippen LogP contribution in [0.15, 0.2) is 36.4 Å². The number of ether oxygens (including phenoxy) is 1. The molecule has 0 aliphatic heterocycles. The van der Waals surface area contributed by atoms with Gasteiger partial charge in [-0.25, -0.2) is 4.98 Å². The van der Waals surface area contributed by atoms with Crippen molar-refractivity contribution in [1.82, 2.24) is 9.97 Å². The number of aryl methyl sites for hydroxylation is 1. The van der Waals surface area contributed by atoms with Gasteiger partial charge in [0.25, 0.3) is 5.91 Å². The zero-order valence-corrected chi connectivity index (χ0v) is 22.3. The Labute approximate surface area is 211 Å². The van der Waals surface area contributed by atoms with Crippen molar-refractivity contribution < 1.29 is 9.53 Å². The quantitative estimate of drug-likeness (QED) is 0.244. The highest BCUT2D eigenvalue weighted by Gasteiger charge is 2.21. The third-order valence-electron chi connectivity index (χ3n) is 6.14. The summed E-state index contributed by atoms with van der Waals surface area (Å²) in [6.45, 7) is 11.7. The molecule has 0 aliphatic carbocycles. The molecule has 5 nitrogen and oxygen atoms in total. The van der Waals surface area contributed by atoms with Gasteiger partial charge in [-0.15, -0.1) is 0 Å². The molecule has 0 saturated carbocycles. The summed E-state index contributed by atoms with van der Waals surface area (Å²) in [7, 11) is 0. The number of hydrogen-bond donors (Lipinski definition) is 2. The Morgan fingerprint density at radius 3 is 2.34 bits per heavy atom. The van der Waals surface area contributed by atoms with Crippen LogP contribution in [0.5, 0.6) is 5.75 Å². The Bertz CT molecular complexity index is 1080. The smallest absolute Gasteiger partial charge is 0.258 e. The second-order valence-electron chi connectivity index (χ2n) is 10.8. The zero-order chi connectivity index (χ0) is 25.3. The molecule has 1 aromatic heterocycles. The Kier molecular flexibility index (Phi) is 9.76. The van der Waals surface area contributed by atoms with Crippen LogP contribution < -0.4 is 10.1 Å². The molecule has 0 radical (unpaired) electrons. The van der Waals surface area contributed by atoms with Crippen LogP contribution in [0.3, 0.4) is 0 Å². The molecule has 0 unspecified atom stereocenters. The molecule has 2 N–H and O–H groups in total. The number of anilines is 1. The monoisotopic (exact) mass is 477 g/mol. The Morgan fingerprint density at radius 2 is 1.66 bits per heavy atom. The van der Waals surface area contributed by atoms with E-state index in [0.29, 0.717) is 5.56 Å². The predicted octanol–water partition coefficient (Wildman–Crippen LogP) is 8.10. The molecule has 190 valence electrons. The molecule has 5 heteroatoms. The van der Waals surface area contributed by atoms with Gasteiger partial charge < -0.3 is 15.0 Å². The van der Waals surface area contributed by atoms with Crippen molar-refractivity contribution in [2.24, 2.45) is 5.41 Å². The summed E-state index contributed by atoms with van der Waals surface area (Å²) in [6, 6.07) is 11.8. The molecule has 3 rings (SSSR count). The van der Waals surface area contributed by atoms with E-state index in [1.165, 1.54) is 32.1 Å². The SMILES string of the molecule is CCCCCCc1ccc2[nH]c(CC(C)(C)C)nc2c1C(=O)Nc1ccc(OCCCCC)cc1. The molecule has 1 amide bonds. The van der Waals surface area contributed by atoms with Crippen LogP contribution in [0.25, 0.3) is 11.0 Å². The van der Waals surface area contributed by atoms with E-state index in [4.69, 9.17) is 9.72 Å². The van der Waals surface area contributed by atoms with Crippen molar-refractivity contribution in [1.29, 1.82) is 0 Å². The molecule has 0 bridgehead atoms. The Morgan fingerprint density at radius 1 is 0.943 bits per heavy atom. The minimum absolute atomic E-state index is 0.105. The summed E-state index contributed by atoms with van der Waals surface area (Å²) < 4.78 is 5.81. The van der Waals surface area contributed by atoms with Gasteiger partial charge in [0.05, 0.1) is 17.7 Å². The molecule has 0 fully saturated rings. The van der Waals surface area contributed by atoms with Gasteiger partial charge in [-0.1, -0.05) is 72.8 Å². The molecule has 0 aliphatic rings. The highest BCUT2D eigenvalue weighted by Crippen LogP contribution is 2.27. The molecular weight excluding hydrogens is 434 g/mol. The average molecular weight is 478 g/mol. The van der Waals surface area contributed by atoms with Crippen molar-refractivity contribution in [3.63, 3.8) is 0 Å². The van der Waals surface area contributed by atoms with Crippen LogP contribution in [0.1, 0.15) is 101 Å². The van der Waals surface area contributed by atoms with Gasteiger partial charge in [-0.2, -0.15) is 0 Å². The fourth-order valence-electron chi connectivity index (χ4n) is 4.33. The maximum atomic E-state index is 13.6. The summed E-state index contributed by atoms with van der Waals surface area (Å²) >= 11 is 0. The van der Waals surface area contributed by atoms with Crippen molar-refractivity contribution in [3.05, 3.63) is 53.3 Å². The number of unbranched alkanes of at least 4 members (excludes halogenated alkanes) is 5. The van der Waals surface area contributed by atoms with Gasteiger partial charge in [0, 0.05) is 12.1 Å². The molecule has 35 heavy (non-hydrogen) atoms. The third kappa shape index (κ3) is 8.12. The van der Waals surface area contributed by atoms with E-state index in [0.717, 1.165) is 66.1 Å². The first-order chi connectivity index (χ1) is 16.8. The van der Waals surface area contributed by atoms with Crippen molar-refractivity contribution in [2.45, 2.75) is 92.4 Å². The maximum absolute atomic E-state index is 13.6. The normalized spacial score (nSPS) is 11.7. The lowest BCUT2D eigenvalue weighted by atomic mass is 9.92. The summed E-state index contributed by atoms with van der Waals surface area (Å²) in [6.07, 6.45) is 9.77. The Hall–Kier alpha value is -2.82. The van der Waals surface area contributed by atoms with Crippen LogP contribution in [0.2, 0.25) is 0 Å². The first-order valence-corrected chi connectivity index (χ1v) is 13.4. The molecule has 0 spiro atoms. The first kappa shape index (κ1) is 26.8. The van der Waals surface area contributed by atoms with Crippen molar-refractivity contribution in [3.8, 4) is 5.75 Å². The predicted molar refractivity (Wildman–Crippen MR) is 147 cm³/mol. The lowest BCUT2D eigenvalue weighted by molar-refractivity contribution is 0.102. The zero-order valence-electron chi connectivity index (χ0n) is 22.3. The molecule has 3 aromatic rings. The summed E-state index contributed by atoms with van der Waals surface area (Å²) in [5.41, 5.74) is 4.31. The number of aromatic amines is 1. The molecular formula is C30H43N3O2. The molecule has 0 atom stereocenters. The highest BCUT2D eigenvalue weighted by molar-refractivity contribution is 6.12. The van der Waals surface area contributed by atoms with Gasteiger partial charge in [0.15, 0.2) is 0 Å². The van der Waals surface area contributed by atoms with Crippen LogP contribution in [0.4, 0.5) is 5.69 Å². The number of nitrogens with zero attached hydrogens (tertiary/aromatic N) is 1. The van der Waals surface area contributed by atoms with E-state index in [1.54, 1.807) is 0 Å². The van der Waals surface area contributed by atoms with Crippen LogP contribution in [-0.4, -0.2) is 22.5 Å². The van der Waals surface area contributed by atoms with Gasteiger partial charge in [0.1, 0.15) is 17.1 Å². The first-order valence-electron chi connectivity index (χ1n) is 13.4. The van der Waals surface area contributed by atoms with Gasteiger partial charge in [0.2, 0.25) is 0 Å². The fourth-order valence-corrected chi connectivity index (χ4v) is 4.33. The van der Waals surface area contributed by atoms with Gasteiger partial charge in [-0.05, 0) is 60.6 Å². The number of amides is 1. The highest BCUT2D eigenvalue weighted by atomic mass is 16.5. The van der Waals surface area contributed by atoms with Crippen LogP contribution in [-0.2, 0) is 12.8 Å². The molecule has 2 aromatic carbocycles. The Balaban J connectivity index is 1.82. The second kappa shape index (κ2) is 12.8. The topological polar surface area (TPSA) is 67.0 Å². The largest absolute Gasteiger partial charge is 0.494 e. The van der Waals surface area contributed by atoms with Crippen LogP contribution >= 0.6 is 0 Å². The van der Waals surface area contributed by atoms with Gasteiger partial charge in [-0.3, -0.25) is 4.79 Å². The number of imidazole rings is 1.